The van der Waals surface area contributed by atoms with Gasteiger partial charge in [-0.05, 0) is 41.0 Å². The van der Waals surface area contributed by atoms with E-state index in [-0.39, 0.29) is 6.10 Å². The van der Waals surface area contributed by atoms with Crippen LogP contribution in [0.1, 0.15) is 18.4 Å². The Morgan fingerprint density at radius 2 is 2.07 bits per heavy atom. The summed E-state index contributed by atoms with van der Waals surface area (Å²) in [5, 5.41) is 12.6. The van der Waals surface area contributed by atoms with Gasteiger partial charge >= 0.3 is 0 Å². The van der Waals surface area contributed by atoms with Gasteiger partial charge in [0.1, 0.15) is 0 Å². The number of tetrazole rings is 1. The zero-order chi connectivity index (χ0) is 19.4. The molecular formula is C17H23N5O4S2. The highest BCUT2D eigenvalue weighted by molar-refractivity contribution is 7.98. The van der Waals surface area contributed by atoms with Gasteiger partial charge in [-0.15, -0.1) is 5.10 Å². The molecule has 2 fully saturated rings. The number of benzene rings is 1. The third kappa shape index (κ3) is 4.54. The van der Waals surface area contributed by atoms with Crippen molar-refractivity contribution in [2.24, 2.45) is 0 Å². The van der Waals surface area contributed by atoms with Gasteiger partial charge in [-0.3, -0.25) is 0 Å². The summed E-state index contributed by atoms with van der Waals surface area (Å²) in [5.41, 5.74) is 0.908. The average molecular weight is 426 g/mol. The second-order valence-corrected chi connectivity index (χ2v) is 9.61. The van der Waals surface area contributed by atoms with Gasteiger partial charge < -0.3 is 9.47 Å². The standard InChI is InChI=1S/C17H23N5O4S2/c23-28(24,21-6-9-25-10-7-21)16-5-1-3-14(11-16)13-27-17-18-19-20-22(17)12-15-4-2-8-26-15/h1,3,5,11,15H,2,4,6-10,12-13H2/t15-/m1/s1. The fraction of sp³-hybridized carbons (Fsp3) is 0.588. The topological polar surface area (TPSA) is 99.4 Å². The molecule has 0 aliphatic carbocycles. The van der Waals surface area contributed by atoms with Gasteiger partial charge in [0.2, 0.25) is 15.2 Å². The molecule has 2 aromatic rings. The minimum atomic E-state index is -3.50. The van der Waals surface area contributed by atoms with Crippen molar-refractivity contribution in [3.8, 4) is 0 Å². The lowest BCUT2D eigenvalue weighted by Gasteiger charge is -2.26. The van der Waals surface area contributed by atoms with Crippen molar-refractivity contribution in [2.45, 2.75) is 41.3 Å². The molecule has 2 saturated heterocycles. The minimum Gasteiger partial charge on any atom is -0.379 e. The second-order valence-electron chi connectivity index (χ2n) is 6.73. The SMILES string of the molecule is O=S(=O)(c1cccc(CSc2nnnn2C[C@H]2CCCO2)c1)N1CCOCC1. The summed E-state index contributed by atoms with van der Waals surface area (Å²) in [7, 11) is -3.50. The number of ether oxygens (including phenoxy) is 2. The molecule has 1 aromatic carbocycles. The molecule has 1 aromatic heterocycles. The first-order valence-electron chi connectivity index (χ1n) is 9.30. The maximum absolute atomic E-state index is 12.8. The summed E-state index contributed by atoms with van der Waals surface area (Å²) in [6, 6.07) is 7.06. The summed E-state index contributed by atoms with van der Waals surface area (Å²) in [5.74, 6) is 0.582. The van der Waals surface area contributed by atoms with Crippen molar-refractivity contribution in [1.82, 2.24) is 24.5 Å². The number of aromatic nitrogens is 4. The van der Waals surface area contributed by atoms with E-state index in [2.05, 4.69) is 15.5 Å². The van der Waals surface area contributed by atoms with Crippen LogP contribution in [0.5, 0.6) is 0 Å². The van der Waals surface area contributed by atoms with Crippen LogP contribution in [0, 0.1) is 0 Å². The Morgan fingerprint density at radius 3 is 2.86 bits per heavy atom. The van der Waals surface area contributed by atoms with Gasteiger partial charge in [0.25, 0.3) is 0 Å². The van der Waals surface area contributed by atoms with Crippen LogP contribution in [-0.2, 0) is 31.8 Å². The van der Waals surface area contributed by atoms with Crippen LogP contribution >= 0.6 is 11.8 Å². The Morgan fingerprint density at radius 1 is 1.21 bits per heavy atom. The number of hydrogen-bond acceptors (Lipinski definition) is 8. The zero-order valence-electron chi connectivity index (χ0n) is 15.4. The molecule has 152 valence electrons. The lowest BCUT2D eigenvalue weighted by Crippen LogP contribution is -2.40. The quantitative estimate of drug-likeness (QED) is 0.610. The van der Waals surface area contributed by atoms with Crippen LogP contribution in [0.4, 0.5) is 0 Å². The van der Waals surface area contributed by atoms with E-state index in [4.69, 9.17) is 9.47 Å². The molecule has 2 aliphatic rings. The Bertz CT molecular complexity index is 892. The lowest BCUT2D eigenvalue weighted by molar-refractivity contribution is 0.0730. The molecule has 0 amide bonds. The number of rotatable bonds is 7. The maximum atomic E-state index is 12.8. The van der Waals surface area contributed by atoms with Crippen molar-refractivity contribution in [3.63, 3.8) is 0 Å². The summed E-state index contributed by atoms with van der Waals surface area (Å²) in [4.78, 5) is 0.312. The highest BCUT2D eigenvalue weighted by Crippen LogP contribution is 2.24. The van der Waals surface area contributed by atoms with E-state index in [0.717, 1.165) is 25.0 Å². The van der Waals surface area contributed by atoms with E-state index in [9.17, 15) is 8.42 Å². The van der Waals surface area contributed by atoms with Crippen LogP contribution in [-0.4, -0.2) is 71.9 Å². The van der Waals surface area contributed by atoms with E-state index in [1.54, 1.807) is 22.9 Å². The average Bonchev–Trinajstić information content (AvgIpc) is 3.40. The molecule has 0 unspecified atom stereocenters. The first-order valence-corrected chi connectivity index (χ1v) is 11.7. The number of nitrogens with zero attached hydrogens (tertiary/aromatic N) is 5. The highest BCUT2D eigenvalue weighted by atomic mass is 32.2. The molecule has 1 atom stereocenters. The van der Waals surface area contributed by atoms with E-state index >= 15 is 0 Å². The molecule has 2 aliphatic heterocycles. The predicted octanol–water partition coefficient (Wildman–Crippen LogP) is 1.17. The fourth-order valence-corrected chi connectivity index (χ4v) is 5.58. The third-order valence-corrected chi connectivity index (χ3v) is 7.70. The van der Waals surface area contributed by atoms with Gasteiger partial charge in [-0.1, -0.05) is 23.9 Å². The van der Waals surface area contributed by atoms with Crippen LogP contribution in [0.2, 0.25) is 0 Å². The highest BCUT2D eigenvalue weighted by Gasteiger charge is 2.26. The van der Waals surface area contributed by atoms with E-state index in [1.165, 1.54) is 16.1 Å². The number of morpholine rings is 1. The number of thioether (sulfide) groups is 1. The molecule has 0 N–H and O–H groups in total. The van der Waals surface area contributed by atoms with Crippen molar-refractivity contribution in [2.75, 3.05) is 32.9 Å². The van der Waals surface area contributed by atoms with Crippen LogP contribution in [0.3, 0.4) is 0 Å². The van der Waals surface area contributed by atoms with Gasteiger partial charge in [0, 0.05) is 25.4 Å². The van der Waals surface area contributed by atoms with Crippen molar-refractivity contribution < 1.29 is 17.9 Å². The van der Waals surface area contributed by atoms with Gasteiger partial charge in [0.15, 0.2) is 0 Å². The first kappa shape index (κ1) is 19.8. The molecule has 9 nitrogen and oxygen atoms in total. The van der Waals surface area contributed by atoms with Crippen molar-refractivity contribution >= 4 is 21.8 Å². The third-order valence-electron chi connectivity index (χ3n) is 4.77. The molecule has 28 heavy (non-hydrogen) atoms. The van der Waals surface area contributed by atoms with E-state index in [0.29, 0.717) is 48.7 Å². The van der Waals surface area contributed by atoms with E-state index < -0.39 is 10.0 Å². The first-order chi connectivity index (χ1) is 13.6. The monoisotopic (exact) mass is 425 g/mol. The largest absolute Gasteiger partial charge is 0.379 e. The summed E-state index contributed by atoms with van der Waals surface area (Å²) in [6.07, 6.45) is 2.25. The van der Waals surface area contributed by atoms with Gasteiger partial charge in [0.05, 0.1) is 30.8 Å². The zero-order valence-corrected chi connectivity index (χ0v) is 17.1. The smallest absolute Gasteiger partial charge is 0.243 e. The second kappa shape index (κ2) is 8.87. The summed E-state index contributed by atoms with van der Waals surface area (Å²) < 4.78 is 39.8. The number of sulfonamides is 1. The van der Waals surface area contributed by atoms with Crippen molar-refractivity contribution in [1.29, 1.82) is 0 Å². The normalized spacial score (nSPS) is 21.2. The Hall–Kier alpha value is -1.53. The molecule has 0 saturated carbocycles. The molecule has 11 heteroatoms. The molecule has 0 bridgehead atoms. The molecule has 3 heterocycles. The Labute approximate surface area is 168 Å². The summed E-state index contributed by atoms with van der Waals surface area (Å²) >= 11 is 1.49. The van der Waals surface area contributed by atoms with Crippen molar-refractivity contribution in [3.05, 3.63) is 29.8 Å². The Balaban J connectivity index is 1.42. The van der Waals surface area contributed by atoms with Crippen LogP contribution < -0.4 is 0 Å². The van der Waals surface area contributed by atoms with Crippen LogP contribution in [0.15, 0.2) is 34.3 Å². The lowest BCUT2D eigenvalue weighted by atomic mass is 10.2. The minimum absolute atomic E-state index is 0.157. The summed E-state index contributed by atoms with van der Waals surface area (Å²) in [6.45, 7) is 3.07. The predicted molar refractivity (Wildman–Crippen MR) is 102 cm³/mol. The number of hydrogen-bond donors (Lipinski definition) is 0. The van der Waals surface area contributed by atoms with Crippen LogP contribution in [0.25, 0.3) is 0 Å². The van der Waals surface area contributed by atoms with Gasteiger partial charge in [-0.25, -0.2) is 13.1 Å². The molecule has 0 radical (unpaired) electrons. The molecule has 4 rings (SSSR count). The maximum Gasteiger partial charge on any atom is 0.243 e. The molecule has 0 spiro atoms. The van der Waals surface area contributed by atoms with Gasteiger partial charge in [-0.2, -0.15) is 4.31 Å². The fourth-order valence-electron chi connectivity index (χ4n) is 3.28. The van der Waals surface area contributed by atoms with E-state index in [1.807, 2.05) is 6.07 Å². The molecular weight excluding hydrogens is 402 g/mol. The Kier molecular flexibility index (Phi) is 6.26.